The third-order valence-electron chi connectivity index (χ3n) is 3.25. The van der Waals surface area contributed by atoms with E-state index in [2.05, 4.69) is 20.8 Å². The van der Waals surface area contributed by atoms with Gasteiger partial charge in [0.15, 0.2) is 0 Å². The average molecular weight is 344 g/mol. The molecule has 6 nitrogen and oxygen atoms in total. The Morgan fingerprint density at radius 1 is 1.33 bits per heavy atom. The van der Waals surface area contributed by atoms with E-state index in [1.54, 1.807) is 18.5 Å². The molecule has 126 valence electrons. The highest BCUT2D eigenvalue weighted by molar-refractivity contribution is 7.10. The second-order valence-electron chi connectivity index (χ2n) is 5.57. The van der Waals surface area contributed by atoms with Crippen molar-refractivity contribution in [3.05, 3.63) is 52.5 Å². The highest BCUT2D eigenvalue weighted by Crippen LogP contribution is 2.10. The van der Waals surface area contributed by atoms with Crippen molar-refractivity contribution in [2.45, 2.75) is 26.3 Å². The molecule has 0 aliphatic carbocycles. The third-order valence-corrected chi connectivity index (χ3v) is 4.13. The molecular weight excluding hydrogens is 324 g/mol. The monoisotopic (exact) mass is 344 g/mol. The number of hydrogen-bond donors (Lipinski definition) is 2. The first-order chi connectivity index (χ1) is 11.6. The molecule has 0 aliphatic rings. The van der Waals surface area contributed by atoms with E-state index in [-0.39, 0.29) is 24.2 Å². The van der Waals surface area contributed by atoms with Crippen LogP contribution in [0.25, 0.3) is 0 Å². The van der Waals surface area contributed by atoms with E-state index in [1.165, 1.54) is 17.6 Å². The summed E-state index contributed by atoms with van der Waals surface area (Å²) < 4.78 is 0. The van der Waals surface area contributed by atoms with E-state index < -0.39 is 6.04 Å². The number of thiophene rings is 1. The first-order valence-corrected chi connectivity index (χ1v) is 8.49. The minimum absolute atomic E-state index is 0.0501. The normalized spacial score (nSPS) is 12.3. The van der Waals surface area contributed by atoms with Crippen LogP contribution < -0.4 is 10.7 Å². The fourth-order valence-corrected chi connectivity index (χ4v) is 2.73. The molecule has 0 fully saturated rings. The summed E-state index contributed by atoms with van der Waals surface area (Å²) in [6.45, 7) is 3.75. The molecule has 7 heteroatoms. The lowest BCUT2D eigenvalue weighted by Gasteiger charge is -2.20. The minimum atomic E-state index is -0.636. The first-order valence-electron chi connectivity index (χ1n) is 7.61. The van der Waals surface area contributed by atoms with Crippen LogP contribution in [-0.2, 0) is 16.0 Å². The molecule has 0 bridgehead atoms. The van der Waals surface area contributed by atoms with Gasteiger partial charge in [-0.25, -0.2) is 5.43 Å². The Morgan fingerprint density at radius 2 is 2.17 bits per heavy atom. The molecule has 0 radical (unpaired) electrons. The van der Waals surface area contributed by atoms with Crippen LogP contribution in [0.15, 0.2) is 47.1 Å². The van der Waals surface area contributed by atoms with Crippen molar-refractivity contribution in [1.29, 1.82) is 0 Å². The van der Waals surface area contributed by atoms with Crippen LogP contribution in [-0.4, -0.2) is 29.1 Å². The lowest BCUT2D eigenvalue weighted by molar-refractivity contribution is -0.129. The number of aromatic nitrogens is 1. The Labute approximate surface area is 145 Å². The van der Waals surface area contributed by atoms with Gasteiger partial charge >= 0.3 is 0 Å². The molecule has 0 aromatic carbocycles. The van der Waals surface area contributed by atoms with E-state index in [9.17, 15) is 9.59 Å². The van der Waals surface area contributed by atoms with Crippen molar-refractivity contribution >= 4 is 29.4 Å². The van der Waals surface area contributed by atoms with Gasteiger partial charge in [0, 0.05) is 22.8 Å². The molecule has 0 spiro atoms. The smallest absolute Gasteiger partial charge is 0.262 e. The maximum atomic E-state index is 12.3. The van der Waals surface area contributed by atoms with Crippen LogP contribution in [0.3, 0.4) is 0 Å². The van der Waals surface area contributed by atoms with Gasteiger partial charge in [0.1, 0.15) is 6.04 Å². The molecule has 2 aromatic rings. The zero-order valence-corrected chi connectivity index (χ0v) is 14.4. The van der Waals surface area contributed by atoms with Gasteiger partial charge in [-0.2, -0.15) is 5.10 Å². The molecule has 2 amide bonds. The average Bonchev–Trinajstić information content (AvgIpc) is 3.06. The molecule has 2 N–H and O–H groups in total. The van der Waals surface area contributed by atoms with E-state index >= 15 is 0 Å². The number of rotatable bonds is 7. The van der Waals surface area contributed by atoms with Gasteiger partial charge in [-0.15, -0.1) is 11.3 Å². The largest absolute Gasteiger partial charge is 0.344 e. The first kappa shape index (κ1) is 17.8. The van der Waals surface area contributed by atoms with Crippen LogP contribution in [0.4, 0.5) is 0 Å². The summed E-state index contributed by atoms with van der Waals surface area (Å²) in [7, 11) is 0. The molecular formula is C17H20N4O2S. The van der Waals surface area contributed by atoms with Gasteiger partial charge < -0.3 is 5.32 Å². The predicted molar refractivity (Wildman–Crippen MR) is 94.8 cm³/mol. The molecule has 2 rings (SSSR count). The van der Waals surface area contributed by atoms with E-state index in [4.69, 9.17) is 0 Å². The van der Waals surface area contributed by atoms with Crippen molar-refractivity contribution < 1.29 is 9.59 Å². The Balaban J connectivity index is 1.90. The van der Waals surface area contributed by atoms with Crippen LogP contribution in [0, 0.1) is 5.92 Å². The maximum Gasteiger partial charge on any atom is 0.262 e. The van der Waals surface area contributed by atoms with Crippen molar-refractivity contribution in [2.24, 2.45) is 11.0 Å². The predicted octanol–water partition coefficient (Wildman–Crippen LogP) is 1.98. The van der Waals surface area contributed by atoms with Crippen molar-refractivity contribution in [2.75, 3.05) is 0 Å². The summed E-state index contributed by atoms with van der Waals surface area (Å²) in [6, 6.07) is 6.76. The summed E-state index contributed by atoms with van der Waals surface area (Å²) in [4.78, 5) is 29.3. The van der Waals surface area contributed by atoms with Crippen LogP contribution in [0.2, 0.25) is 0 Å². The van der Waals surface area contributed by atoms with Crippen LogP contribution >= 0.6 is 11.3 Å². The molecule has 24 heavy (non-hydrogen) atoms. The third kappa shape index (κ3) is 5.58. The molecule has 2 heterocycles. The second kappa shape index (κ2) is 8.93. The van der Waals surface area contributed by atoms with Gasteiger partial charge in [0.2, 0.25) is 5.91 Å². The van der Waals surface area contributed by atoms with Crippen LogP contribution in [0.1, 0.15) is 24.3 Å². The Hall–Kier alpha value is -2.54. The fraction of sp³-hybridized carbons (Fsp3) is 0.294. The summed E-state index contributed by atoms with van der Waals surface area (Å²) in [6.07, 6.45) is 5.08. The number of hydrogen-bond acceptors (Lipinski definition) is 5. The van der Waals surface area contributed by atoms with Crippen LogP contribution in [0.5, 0.6) is 0 Å². The molecule has 0 saturated carbocycles. The molecule has 1 atom stereocenters. The Morgan fingerprint density at radius 3 is 2.79 bits per heavy atom. The number of pyridine rings is 1. The maximum absolute atomic E-state index is 12.3. The summed E-state index contributed by atoms with van der Waals surface area (Å²) in [5, 5.41) is 8.61. The SMILES string of the molecule is CC(C)[C@H](NC(=O)Cc1cccs1)C(=O)N/N=C/c1cccnc1. The van der Waals surface area contributed by atoms with Crippen molar-refractivity contribution in [3.63, 3.8) is 0 Å². The summed E-state index contributed by atoms with van der Waals surface area (Å²) in [5.74, 6) is -0.571. The van der Waals surface area contributed by atoms with Gasteiger partial charge in [0.25, 0.3) is 5.91 Å². The highest BCUT2D eigenvalue weighted by atomic mass is 32.1. The second-order valence-corrected chi connectivity index (χ2v) is 6.60. The van der Waals surface area contributed by atoms with Gasteiger partial charge in [-0.1, -0.05) is 26.0 Å². The highest BCUT2D eigenvalue weighted by Gasteiger charge is 2.24. The molecule has 0 unspecified atom stereocenters. The topological polar surface area (TPSA) is 83.5 Å². The van der Waals surface area contributed by atoms with Crippen molar-refractivity contribution in [1.82, 2.24) is 15.7 Å². The zero-order valence-electron chi connectivity index (χ0n) is 13.6. The van der Waals surface area contributed by atoms with E-state index in [0.717, 1.165) is 10.4 Å². The lowest BCUT2D eigenvalue weighted by atomic mass is 10.0. The summed E-state index contributed by atoms with van der Waals surface area (Å²) in [5.41, 5.74) is 3.25. The van der Waals surface area contributed by atoms with E-state index in [1.807, 2.05) is 37.4 Å². The number of carbonyl (C=O) groups excluding carboxylic acids is 2. The van der Waals surface area contributed by atoms with Crippen molar-refractivity contribution in [3.8, 4) is 0 Å². The van der Waals surface area contributed by atoms with E-state index in [0.29, 0.717) is 0 Å². The number of carbonyl (C=O) groups is 2. The molecule has 0 saturated heterocycles. The number of nitrogens with one attached hydrogen (secondary N) is 2. The number of amides is 2. The lowest BCUT2D eigenvalue weighted by Crippen LogP contribution is -2.49. The van der Waals surface area contributed by atoms with Gasteiger partial charge in [0.05, 0.1) is 12.6 Å². The Kier molecular flexibility index (Phi) is 6.62. The minimum Gasteiger partial charge on any atom is -0.344 e. The zero-order chi connectivity index (χ0) is 17.4. The number of nitrogens with zero attached hydrogens (tertiary/aromatic N) is 2. The van der Waals surface area contributed by atoms with Gasteiger partial charge in [-0.3, -0.25) is 14.6 Å². The quantitative estimate of drug-likeness (QED) is 0.595. The fourth-order valence-electron chi connectivity index (χ4n) is 2.02. The molecule has 2 aromatic heterocycles. The standard InChI is InChI=1S/C17H20N4O2S/c1-12(2)16(20-15(22)9-14-6-4-8-24-14)17(23)21-19-11-13-5-3-7-18-10-13/h3-8,10-12,16H,9H2,1-2H3,(H,20,22)(H,21,23)/b19-11+/t16-/m0/s1. The Bertz CT molecular complexity index is 684. The molecule has 0 aliphatic heterocycles. The number of hydrazone groups is 1. The summed E-state index contributed by atoms with van der Waals surface area (Å²) >= 11 is 1.52. The van der Waals surface area contributed by atoms with Gasteiger partial charge in [-0.05, 0) is 23.4 Å².